The van der Waals surface area contributed by atoms with Crippen LogP contribution in [0.5, 0.6) is 0 Å². The quantitative estimate of drug-likeness (QED) is 0.932. The second kappa shape index (κ2) is 5.30. The number of rotatable bonds is 3. The smallest absolute Gasteiger partial charge is 0.393 e. The number of carbonyl (C=O) groups is 1. The van der Waals surface area contributed by atoms with Gasteiger partial charge in [-0.1, -0.05) is 11.6 Å². The number of thiophene rings is 1. The van der Waals surface area contributed by atoms with E-state index in [1.165, 1.54) is 16.2 Å². The van der Waals surface area contributed by atoms with Crippen molar-refractivity contribution < 1.29 is 23.1 Å². The van der Waals surface area contributed by atoms with Gasteiger partial charge in [0, 0.05) is 24.5 Å². The molecule has 19 heavy (non-hydrogen) atoms. The molecule has 1 N–H and O–H groups in total. The highest BCUT2D eigenvalue weighted by atomic mass is 35.5. The van der Waals surface area contributed by atoms with Gasteiger partial charge in [0.15, 0.2) is 0 Å². The fraction of sp³-hybridized carbons (Fsp3) is 0.545. The Labute approximate surface area is 116 Å². The lowest BCUT2D eigenvalue weighted by Crippen LogP contribution is -2.33. The largest absolute Gasteiger partial charge is 0.481 e. The van der Waals surface area contributed by atoms with Gasteiger partial charge in [0.05, 0.1) is 16.9 Å². The predicted octanol–water partition coefficient (Wildman–Crippen LogP) is 3.10. The van der Waals surface area contributed by atoms with Crippen LogP contribution in [0.15, 0.2) is 11.4 Å². The Bertz CT molecular complexity index is 477. The van der Waals surface area contributed by atoms with E-state index in [2.05, 4.69) is 0 Å². The van der Waals surface area contributed by atoms with Crippen LogP contribution in [0, 0.1) is 11.8 Å². The summed E-state index contributed by atoms with van der Waals surface area (Å²) in [7, 11) is 0. The monoisotopic (exact) mass is 313 g/mol. The molecule has 1 aromatic rings. The molecule has 0 bridgehead atoms. The molecule has 0 aromatic carbocycles. The van der Waals surface area contributed by atoms with Gasteiger partial charge < -0.3 is 5.11 Å². The lowest BCUT2D eigenvalue weighted by atomic mass is 9.96. The highest BCUT2D eigenvalue weighted by Gasteiger charge is 2.52. The minimum atomic E-state index is -4.49. The van der Waals surface area contributed by atoms with E-state index >= 15 is 0 Å². The molecule has 1 saturated heterocycles. The summed E-state index contributed by atoms with van der Waals surface area (Å²) in [6.07, 6.45) is -4.49. The summed E-state index contributed by atoms with van der Waals surface area (Å²) in [5.41, 5.74) is 0. The number of hydrogen-bond donors (Lipinski definition) is 1. The summed E-state index contributed by atoms with van der Waals surface area (Å²) in [5, 5.41) is 11.2. The van der Waals surface area contributed by atoms with Crippen molar-refractivity contribution in [1.82, 2.24) is 4.90 Å². The van der Waals surface area contributed by atoms with Crippen molar-refractivity contribution in [3.63, 3.8) is 0 Å². The van der Waals surface area contributed by atoms with Crippen LogP contribution in [0.25, 0.3) is 0 Å². The van der Waals surface area contributed by atoms with E-state index in [1.54, 1.807) is 11.4 Å². The van der Waals surface area contributed by atoms with Crippen molar-refractivity contribution in [3.05, 3.63) is 21.3 Å². The number of alkyl halides is 3. The van der Waals surface area contributed by atoms with Crippen molar-refractivity contribution in [2.75, 3.05) is 13.1 Å². The van der Waals surface area contributed by atoms with Crippen molar-refractivity contribution in [2.24, 2.45) is 11.8 Å². The van der Waals surface area contributed by atoms with Crippen LogP contribution in [0.4, 0.5) is 13.2 Å². The van der Waals surface area contributed by atoms with Gasteiger partial charge >= 0.3 is 12.1 Å². The Kier molecular flexibility index (Phi) is 4.08. The maximum Gasteiger partial charge on any atom is 0.393 e. The van der Waals surface area contributed by atoms with Crippen LogP contribution in [0.1, 0.15) is 4.88 Å². The molecule has 8 heteroatoms. The molecule has 0 aliphatic carbocycles. The number of halogens is 4. The normalized spacial score (nSPS) is 24.8. The molecular formula is C11H11ClF3NO2S. The molecule has 0 spiro atoms. The van der Waals surface area contributed by atoms with E-state index in [1.807, 2.05) is 0 Å². The Balaban J connectivity index is 2.10. The fourth-order valence-electron chi connectivity index (χ4n) is 2.24. The molecule has 2 atom stereocenters. The van der Waals surface area contributed by atoms with Crippen LogP contribution in [0.3, 0.4) is 0 Å². The third-order valence-corrected chi connectivity index (χ3v) is 4.56. The molecule has 2 rings (SSSR count). The van der Waals surface area contributed by atoms with Gasteiger partial charge in [-0.05, 0) is 11.4 Å². The summed E-state index contributed by atoms with van der Waals surface area (Å²) < 4.78 is 38.4. The number of carboxylic acid groups (broad SMARTS) is 1. The summed E-state index contributed by atoms with van der Waals surface area (Å²) in [6.45, 7) is -0.144. The number of likely N-dealkylation sites (tertiary alicyclic amines) is 1. The first-order valence-electron chi connectivity index (χ1n) is 5.52. The first-order chi connectivity index (χ1) is 8.79. The Morgan fingerprint density at radius 3 is 2.63 bits per heavy atom. The molecule has 1 aromatic heterocycles. The number of aliphatic carboxylic acids is 1. The average molecular weight is 314 g/mol. The van der Waals surface area contributed by atoms with Crippen molar-refractivity contribution in [2.45, 2.75) is 12.7 Å². The van der Waals surface area contributed by atoms with Crippen LogP contribution in [0.2, 0.25) is 5.02 Å². The molecular weight excluding hydrogens is 303 g/mol. The van der Waals surface area contributed by atoms with E-state index in [-0.39, 0.29) is 19.6 Å². The van der Waals surface area contributed by atoms with Gasteiger partial charge in [0.1, 0.15) is 0 Å². The summed E-state index contributed by atoms with van der Waals surface area (Å²) in [4.78, 5) is 13.2. The first-order valence-corrected chi connectivity index (χ1v) is 6.78. The number of nitrogens with zero attached hydrogens (tertiary/aromatic N) is 1. The minimum absolute atomic E-state index is 0.103. The summed E-state index contributed by atoms with van der Waals surface area (Å²) in [5.74, 6) is -4.62. The van der Waals surface area contributed by atoms with E-state index < -0.39 is 24.0 Å². The van der Waals surface area contributed by atoms with Crippen LogP contribution < -0.4 is 0 Å². The van der Waals surface area contributed by atoms with E-state index in [0.29, 0.717) is 5.02 Å². The third kappa shape index (κ3) is 3.21. The molecule has 1 aliphatic heterocycles. The van der Waals surface area contributed by atoms with E-state index in [9.17, 15) is 18.0 Å². The topological polar surface area (TPSA) is 40.5 Å². The maximum absolute atomic E-state index is 12.8. The first kappa shape index (κ1) is 14.6. The van der Waals surface area contributed by atoms with E-state index in [4.69, 9.17) is 16.7 Å². The zero-order chi connectivity index (χ0) is 14.2. The second-order valence-electron chi connectivity index (χ2n) is 4.48. The standard InChI is InChI=1S/C11H11ClF3NO2S/c12-8-1-2-19-9(8)5-16-3-6(10(17)18)7(4-16)11(13,14)15/h1-2,6-7H,3-5H2,(H,17,18)/t6-,7-/m1/s1. The highest BCUT2D eigenvalue weighted by molar-refractivity contribution is 7.10. The lowest BCUT2D eigenvalue weighted by Gasteiger charge is -2.18. The molecule has 0 unspecified atom stereocenters. The Morgan fingerprint density at radius 2 is 2.21 bits per heavy atom. The van der Waals surface area contributed by atoms with Crippen molar-refractivity contribution in [1.29, 1.82) is 0 Å². The third-order valence-electron chi connectivity index (χ3n) is 3.19. The van der Waals surface area contributed by atoms with Crippen LogP contribution in [-0.2, 0) is 11.3 Å². The van der Waals surface area contributed by atoms with Crippen LogP contribution in [-0.4, -0.2) is 35.2 Å². The Hall–Kier alpha value is -0.790. The second-order valence-corrected chi connectivity index (χ2v) is 5.89. The van der Waals surface area contributed by atoms with Gasteiger partial charge in [-0.3, -0.25) is 9.69 Å². The lowest BCUT2D eigenvalue weighted by molar-refractivity contribution is -0.188. The van der Waals surface area contributed by atoms with E-state index in [0.717, 1.165) is 4.88 Å². The SMILES string of the molecule is O=C(O)[C@@H]1CN(Cc2sccc2Cl)C[C@H]1C(F)(F)F. The average Bonchev–Trinajstić information content (AvgIpc) is 2.86. The molecule has 1 aliphatic rings. The number of carboxylic acids is 1. The highest BCUT2D eigenvalue weighted by Crippen LogP contribution is 2.38. The van der Waals surface area contributed by atoms with Crippen molar-refractivity contribution >= 4 is 28.9 Å². The fourth-order valence-corrected chi connectivity index (χ4v) is 3.37. The molecule has 3 nitrogen and oxygen atoms in total. The summed E-state index contributed by atoms with van der Waals surface area (Å²) >= 11 is 7.24. The molecule has 0 amide bonds. The zero-order valence-corrected chi connectivity index (χ0v) is 11.2. The minimum Gasteiger partial charge on any atom is -0.481 e. The van der Waals surface area contributed by atoms with Crippen molar-refractivity contribution in [3.8, 4) is 0 Å². The molecule has 1 fully saturated rings. The molecule has 106 valence electrons. The van der Waals surface area contributed by atoms with Gasteiger partial charge in [0.2, 0.25) is 0 Å². The van der Waals surface area contributed by atoms with Gasteiger partial charge in [-0.25, -0.2) is 0 Å². The van der Waals surface area contributed by atoms with Crippen LogP contribution >= 0.6 is 22.9 Å². The van der Waals surface area contributed by atoms with Gasteiger partial charge in [-0.2, -0.15) is 13.2 Å². The van der Waals surface area contributed by atoms with Gasteiger partial charge in [-0.15, -0.1) is 11.3 Å². The summed E-state index contributed by atoms with van der Waals surface area (Å²) in [6, 6.07) is 1.67. The zero-order valence-electron chi connectivity index (χ0n) is 9.65. The molecule has 0 radical (unpaired) electrons. The maximum atomic E-state index is 12.8. The molecule has 2 heterocycles. The Morgan fingerprint density at radius 1 is 1.53 bits per heavy atom. The molecule has 0 saturated carbocycles. The van der Waals surface area contributed by atoms with Gasteiger partial charge in [0.25, 0.3) is 0 Å². The predicted molar refractivity (Wildman–Crippen MR) is 65.3 cm³/mol. The number of hydrogen-bond acceptors (Lipinski definition) is 3.